The van der Waals surface area contributed by atoms with E-state index in [0.717, 1.165) is 12.0 Å². The van der Waals surface area contributed by atoms with Gasteiger partial charge in [0, 0.05) is 12.1 Å². The summed E-state index contributed by atoms with van der Waals surface area (Å²) in [5.41, 5.74) is 2.71. The third-order valence-corrected chi connectivity index (χ3v) is 4.40. The van der Waals surface area contributed by atoms with Gasteiger partial charge in [-0.1, -0.05) is 52.0 Å². The van der Waals surface area contributed by atoms with Gasteiger partial charge in [0.05, 0.1) is 11.3 Å². The number of anilines is 1. The summed E-state index contributed by atoms with van der Waals surface area (Å²) in [5, 5.41) is 8.58. The molecule has 0 bridgehead atoms. The number of carbonyl (C=O) groups is 2. The highest BCUT2D eigenvalue weighted by Gasteiger charge is 2.16. The Morgan fingerprint density at radius 1 is 0.964 bits per heavy atom. The molecule has 0 spiro atoms. The van der Waals surface area contributed by atoms with E-state index in [2.05, 4.69) is 36.7 Å². The fraction of sp³-hybridized carbons (Fsp3) is 0.318. The normalized spacial score (nSPS) is 10.9. The molecule has 2 amide bonds. The molecular formula is C22H27N3O2S. The van der Waals surface area contributed by atoms with Gasteiger partial charge in [-0.2, -0.15) is 0 Å². The predicted molar refractivity (Wildman–Crippen MR) is 118 cm³/mol. The van der Waals surface area contributed by atoms with E-state index in [9.17, 15) is 9.59 Å². The first-order chi connectivity index (χ1) is 13.2. The molecule has 0 saturated heterocycles. The molecule has 0 radical (unpaired) electrons. The second kappa shape index (κ2) is 9.46. The molecule has 0 aliphatic carbocycles. The standard InChI is InChI=1S/C22H27N3O2S/c1-5-14-23-20(27)17-8-6-7-9-18(17)24-21(28)25-19(26)15-10-12-16(13-11-15)22(2,3)4/h6-13H,5,14H2,1-4H3,(H,23,27)(H2,24,25,26,28). The van der Waals surface area contributed by atoms with Crippen LogP contribution in [0.4, 0.5) is 5.69 Å². The molecule has 0 aliphatic rings. The Morgan fingerprint density at radius 2 is 1.61 bits per heavy atom. The first kappa shape index (κ1) is 21.6. The molecule has 0 atom stereocenters. The Morgan fingerprint density at radius 3 is 2.21 bits per heavy atom. The first-order valence-corrected chi connectivity index (χ1v) is 9.73. The van der Waals surface area contributed by atoms with Gasteiger partial charge in [0.1, 0.15) is 0 Å². The van der Waals surface area contributed by atoms with E-state index < -0.39 is 0 Å². The molecule has 0 fully saturated rings. The van der Waals surface area contributed by atoms with Crippen molar-refractivity contribution in [2.24, 2.45) is 0 Å². The Bertz CT molecular complexity index is 855. The van der Waals surface area contributed by atoms with Crippen LogP contribution < -0.4 is 16.0 Å². The minimum Gasteiger partial charge on any atom is -0.352 e. The lowest BCUT2D eigenvalue weighted by Gasteiger charge is -2.19. The second-order valence-corrected chi connectivity index (χ2v) is 7.95. The number of amides is 2. The molecule has 0 heterocycles. The molecule has 3 N–H and O–H groups in total. The van der Waals surface area contributed by atoms with Crippen molar-refractivity contribution >= 4 is 34.8 Å². The van der Waals surface area contributed by atoms with Gasteiger partial charge >= 0.3 is 0 Å². The lowest BCUT2D eigenvalue weighted by atomic mass is 9.87. The number of para-hydroxylation sites is 1. The number of rotatable bonds is 5. The number of thiocarbonyl (C=S) groups is 1. The molecule has 0 aliphatic heterocycles. The maximum atomic E-state index is 12.4. The van der Waals surface area contributed by atoms with Gasteiger partial charge in [-0.05, 0) is 53.9 Å². The topological polar surface area (TPSA) is 70.2 Å². The lowest BCUT2D eigenvalue weighted by molar-refractivity contribution is 0.0952. The van der Waals surface area contributed by atoms with Crippen molar-refractivity contribution in [2.45, 2.75) is 39.5 Å². The van der Waals surface area contributed by atoms with Crippen molar-refractivity contribution in [2.75, 3.05) is 11.9 Å². The average molecular weight is 398 g/mol. The summed E-state index contributed by atoms with van der Waals surface area (Å²) in [5.74, 6) is -0.484. The summed E-state index contributed by atoms with van der Waals surface area (Å²) in [6.07, 6.45) is 0.851. The van der Waals surface area contributed by atoms with Gasteiger partial charge in [-0.25, -0.2) is 0 Å². The van der Waals surface area contributed by atoms with E-state index in [1.54, 1.807) is 36.4 Å². The Kier molecular flexibility index (Phi) is 7.29. The largest absolute Gasteiger partial charge is 0.352 e. The van der Waals surface area contributed by atoms with Crippen LogP contribution in [0, 0.1) is 0 Å². The van der Waals surface area contributed by atoms with Gasteiger partial charge in [-0.3, -0.25) is 14.9 Å². The molecule has 0 aromatic heterocycles. The Labute approximate surface area is 171 Å². The Balaban J connectivity index is 2.04. The van der Waals surface area contributed by atoms with Crippen molar-refractivity contribution in [3.63, 3.8) is 0 Å². The highest BCUT2D eigenvalue weighted by molar-refractivity contribution is 7.80. The molecule has 0 saturated carbocycles. The zero-order valence-electron chi connectivity index (χ0n) is 16.8. The van der Waals surface area contributed by atoms with Crippen molar-refractivity contribution in [3.8, 4) is 0 Å². The van der Waals surface area contributed by atoms with Gasteiger partial charge in [0.2, 0.25) is 0 Å². The monoisotopic (exact) mass is 397 g/mol. The minimum atomic E-state index is -0.300. The van der Waals surface area contributed by atoms with E-state index in [1.807, 2.05) is 19.1 Å². The molecule has 148 valence electrons. The lowest BCUT2D eigenvalue weighted by Crippen LogP contribution is -2.35. The van der Waals surface area contributed by atoms with Gasteiger partial charge in [0.15, 0.2) is 5.11 Å². The molecule has 2 aromatic rings. The molecular weight excluding hydrogens is 370 g/mol. The van der Waals surface area contributed by atoms with Crippen LogP contribution in [0.5, 0.6) is 0 Å². The Hall–Kier alpha value is -2.73. The summed E-state index contributed by atoms with van der Waals surface area (Å²) in [6, 6.07) is 14.5. The van der Waals surface area contributed by atoms with Crippen molar-refractivity contribution in [3.05, 3.63) is 65.2 Å². The summed E-state index contributed by atoms with van der Waals surface area (Å²) < 4.78 is 0. The fourth-order valence-corrected chi connectivity index (χ4v) is 2.78. The van der Waals surface area contributed by atoms with Crippen molar-refractivity contribution in [1.29, 1.82) is 0 Å². The second-order valence-electron chi connectivity index (χ2n) is 7.54. The van der Waals surface area contributed by atoms with Crippen LogP contribution in [0.25, 0.3) is 0 Å². The summed E-state index contributed by atoms with van der Waals surface area (Å²) in [6.45, 7) is 8.95. The van der Waals surface area contributed by atoms with Crippen molar-refractivity contribution in [1.82, 2.24) is 10.6 Å². The third-order valence-electron chi connectivity index (χ3n) is 4.20. The maximum Gasteiger partial charge on any atom is 0.257 e. The molecule has 6 heteroatoms. The smallest absolute Gasteiger partial charge is 0.257 e. The van der Waals surface area contributed by atoms with E-state index in [4.69, 9.17) is 12.2 Å². The van der Waals surface area contributed by atoms with E-state index in [1.165, 1.54) is 0 Å². The SMILES string of the molecule is CCCNC(=O)c1ccccc1NC(=S)NC(=O)c1ccc(C(C)(C)C)cc1. The van der Waals surface area contributed by atoms with Crippen molar-refractivity contribution < 1.29 is 9.59 Å². The van der Waals surface area contributed by atoms with Gasteiger partial charge in [0.25, 0.3) is 11.8 Å². The number of hydrogen-bond acceptors (Lipinski definition) is 3. The van der Waals surface area contributed by atoms with Crippen LogP contribution in [-0.2, 0) is 5.41 Å². The summed E-state index contributed by atoms with van der Waals surface area (Å²) in [4.78, 5) is 24.7. The zero-order chi connectivity index (χ0) is 20.7. The van der Waals surface area contributed by atoms with E-state index >= 15 is 0 Å². The zero-order valence-corrected chi connectivity index (χ0v) is 17.6. The van der Waals surface area contributed by atoms with Crippen LogP contribution >= 0.6 is 12.2 Å². The van der Waals surface area contributed by atoms with Crippen LogP contribution in [0.2, 0.25) is 0 Å². The first-order valence-electron chi connectivity index (χ1n) is 9.32. The highest BCUT2D eigenvalue weighted by atomic mass is 32.1. The van der Waals surface area contributed by atoms with E-state index in [0.29, 0.717) is 23.4 Å². The van der Waals surface area contributed by atoms with Crippen LogP contribution in [0.3, 0.4) is 0 Å². The fourth-order valence-electron chi connectivity index (χ4n) is 2.57. The molecule has 2 rings (SSSR count). The number of hydrogen-bond donors (Lipinski definition) is 3. The van der Waals surface area contributed by atoms with Crippen LogP contribution in [0.1, 0.15) is 60.4 Å². The van der Waals surface area contributed by atoms with Gasteiger partial charge < -0.3 is 10.6 Å². The van der Waals surface area contributed by atoms with Gasteiger partial charge in [-0.15, -0.1) is 0 Å². The maximum absolute atomic E-state index is 12.4. The molecule has 5 nitrogen and oxygen atoms in total. The molecule has 2 aromatic carbocycles. The molecule has 28 heavy (non-hydrogen) atoms. The average Bonchev–Trinajstić information content (AvgIpc) is 2.65. The number of nitrogens with one attached hydrogen (secondary N) is 3. The molecule has 0 unspecified atom stereocenters. The third kappa shape index (κ3) is 5.89. The number of benzene rings is 2. The van der Waals surface area contributed by atoms with E-state index in [-0.39, 0.29) is 22.3 Å². The minimum absolute atomic E-state index is 0.0217. The highest BCUT2D eigenvalue weighted by Crippen LogP contribution is 2.22. The summed E-state index contributed by atoms with van der Waals surface area (Å²) >= 11 is 5.26. The van der Waals surface area contributed by atoms with Crippen LogP contribution in [-0.4, -0.2) is 23.5 Å². The van der Waals surface area contributed by atoms with Crippen LogP contribution in [0.15, 0.2) is 48.5 Å². The quantitative estimate of drug-likeness (QED) is 0.660. The predicted octanol–water partition coefficient (Wildman–Crippen LogP) is 4.25. The summed E-state index contributed by atoms with van der Waals surface area (Å²) in [7, 11) is 0. The number of carbonyl (C=O) groups excluding carboxylic acids is 2.